The van der Waals surface area contributed by atoms with Crippen molar-refractivity contribution in [2.75, 3.05) is 72.7 Å². The van der Waals surface area contributed by atoms with Crippen molar-refractivity contribution < 1.29 is 105 Å². The molecule has 22 heteroatoms. The molecule has 98 heavy (non-hydrogen) atoms. The average molecular weight is 1360 g/mol. The van der Waals surface area contributed by atoms with Crippen molar-refractivity contribution in [2.24, 2.45) is 0 Å². The van der Waals surface area contributed by atoms with E-state index in [1.54, 1.807) is 48.5 Å². The molecule has 0 radical (unpaired) electrons. The number of fused-ring (bicyclic) bond motifs is 8. The van der Waals surface area contributed by atoms with Crippen LogP contribution in [0.2, 0.25) is 0 Å². The molecular formula is C76H96O22. The first kappa shape index (κ1) is 79.5. The minimum atomic E-state index is -1.27. The van der Waals surface area contributed by atoms with Crippen molar-refractivity contribution in [3.8, 4) is 23.0 Å². The maximum atomic E-state index is 14.8. The van der Waals surface area contributed by atoms with Crippen molar-refractivity contribution in [2.45, 2.75) is 184 Å². The van der Waals surface area contributed by atoms with E-state index < -0.39 is 61.6 Å². The summed E-state index contributed by atoms with van der Waals surface area (Å²) < 4.78 is 63.2. The molecule has 4 aromatic rings. The summed E-state index contributed by atoms with van der Waals surface area (Å²) in [6.07, 6.45) is 8.55. The van der Waals surface area contributed by atoms with E-state index in [0.29, 0.717) is 70.2 Å². The molecule has 0 saturated carbocycles. The Hall–Kier alpha value is -9.21. The van der Waals surface area contributed by atoms with E-state index in [0.717, 1.165) is 51.4 Å². The summed E-state index contributed by atoms with van der Waals surface area (Å²) in [7, 11) is 0. The normalized spacial score (nSPS) is 11.5. The Morgan fingerprint density at radius 3 is 0.663 bits per heavy atom. The number of Topliss-reactive ketones (excluding diaryl/α,β-unsaturated/α-hetero) is 4. The highest BCUT2D eigenvalue weighted by Gasteiger charge is 2.29. The molecule has 0 aliphatic heterocycles. The summed E-state index contributed by atoms with van der Waals surface area (Å²) in [6, 6.07) is 13.5. The fourth-order valence-electron chi connectivity index (χ4n) is 11.0. The van der Waals surface area contributed by atoms with Gasteiger partial charge in [-0.05, 0) is 146 Å². The molecule has 0 N–H and O–H groups in total. The third-order valence-electron chi connectivity index (χ3n) is 15.7. The number of ether oxygens (including phenoxy) is 11. The van der Waals surface area contributed by atoms with Crippen LogP contribution in [0.4, 0.5) is 0 Å². The maximum Gasteiger partial charge on any atom is 0.417 e. The van der Waals surface area contributed by atoms with E-state index in [4.69, 9.17) is 52.1 Å². The summed E-state index contributed by atoms with van der Waals surface area (Å²) in [6.45, 7) is 14.7. The lowest BCUT2D eigenvalue weighted by Crippen LogP contribution is -2.23. The number of rotatable bonds is 40. The Balaban J connectivity index is 2.03. The van der Waals surface area contributed by atoms with Crippen LogP contribution in [0.15, 0.2) is 60.7 Å². The van der Waals surface area contributed by atoms with Gasteiger partial charge in [-0.3, -0.25) is 19.2 Å². The Morgan fingerprint density at radius 1 is 0.286 bits per heavy atom. The standard InChI is InChI=1S/C76H96O22/c1-10-17-21-25-62(77)50-37-54-45-56-39-51(63(78)26-22-18-11-2)41-58(67(56)92-30-34-96-74(85)71(82)88-14-5)47-60-43-53(65(80)28-24-20-13-4)44-61(69(60)94-32-36-98-76(87)73(84)90-16-7)48-59-42-52(64(79)27-23-19-12-3)40-57(68(59)93-31-35-97-75(86)72(83)89-15-6)46-55(38-50)66(54)91-29-33-95-70(81)49(8)9/h37-44H,8,10-36,45-48H2,1-7,9H3. The molecule has 0 atom stereocenters. The second-order valence-corrected chi connectivity index (χ2v) is 23.6. The van der Waals surface area contributed by atoms with Gasteiger partial charge in [-0.25, -0.2) is 33.6 Å². The van der Waals surface area contributed by atoms with Crippen LogP contribution >= 0.6 is 0 Å². The van der Waals surface area contributed by atoms with Crippen LogP contribution in [0.3, 0.4) is 0 Å². The maximum absolute atomic E-state index is 14.8. The predicted octanol–water partition coefficient (Wildman–Crippen LogP) is 12.4. The van der Waals surface area contributed by atoms with E-state index in [2.05, 4.69) is 6.58 Å². The van der Waals surface area contributed by atoms with Crippen molar-refractivity contribution in [1.82, 2.24) is 0 Å². The number of carbonyl (C=O) groups is 11. The van der Waals surface area contributed by atoms with Gasteiger partial charge in [0.1, 0.15) is 75.9 Å². The summed E-state index contributed by atoms with van der Waals surface area (Å²) in [5.41, 5.74) is 4.17. The summed E-state index contributed by atoms with van der Waals surface area (Å²) in [5.74, 6) is -8.28. The molecule has 1 aliphatic rings. The lowest BCUT2D eigenvalue weighted by Gasteiger charge is -2.25. The summed E-state index contributed by atoms with van der Waals surface area (Å²) >= 11 is 0. The molecule has 0 amide bonds. The largest absolute Gasteiger partial charge is 0.489 e. The summed E-state index contributed by atoms with van der Waals surface area (Å²) in [5, 5.41) is 0. The monoisotopic (exact) mass is 1360 g/mol. The highest BCUT2D eigenvalue weighted by atomic mass is 16.6. The first-order valence-electron chi connectivity index (χ1n) is 34.3. The van der Waals surface area contributed by atoms with Crippen molar-refractivity contribution in [1.29, 1.82) is 0 Å². The van der Waals surface area contributed by atoms with Crippen LogP contribution in [-0.4, -0.2) is 138 Å². The van der Waals surface area contributed by atoms with Gasteiger partial charge in [0.2, 0.25) is 0 Å². The lowest BCUT2D eigenvalue weighted by atomic mass is 9.86. The third kappa shape index (κ3) is 25.0. The lowest BCUT2D eigenvalue weighted by molar-refractivity contribution is -0.167. The molecule has 0 aromatic heterocycles. The molecule has 0 fully saturated rings. The number of carbonyl (C=O) groups excluding carboxylic acids is 11. The van der Waals surface area contributed by atoms with Crippen LogP contribution in [0, 0.1) is 0 Å². The first-order chi connectivity index (χ1) is 47.2. The Labute approximate surface area is 574 Å². The van der Waals surface area contributed by atoms with E-state index in [9.17, 15) is 52.7 Å². The van der Waals surface area contributed by atoms with Gasteiger partial charge < -0.3 is 52.1 Å². The van der Waals surface area contributed by atoms with Crippen LogP contribution in [-0.2, 0) is 92.4 Å². The van der Waals surface area contributed by atoms with Gasteiger partial charge in [0, 0.05) is 79.2 Å². The topological polar surface area (TPSA) is 289 Å². The van der Waals surface area contributed by atoms with Gasteiger partial charge >= 0.3 is 41.8 Å². The van der Waals surface area contributed by atoms with E-state index in [1.807, 2.05) is 27.7 Å². The number of hydrogen-bond acceptors (Lipinski definition) is 22. The number of hydrogen-bond donors (Lipinski definition) is 0. The number of benzene rings is 4. The fourth-order valence-corrected chi connectivity index (χ4v) is 11.0. The molecule has 8 bridgehead atoms. The van der Waals surface area contributed by atoms with Gasteiger partial charge in [0.15, 0.2) is 23.1 Å². The minimum absolute atomic E-state index is 0.0873. The highest BCUT2D eigenvalue weighted by molar-refractivity contribution is 6.30. The molecule has 532 valence electrons. The highest BCUT2D eigenvalue weighted by Crippen LogP contribution is 2.42. The van der Waals surface area contributed by atoms with Crippen molar-refractivity contribution in [3.63, 3.8) is 0 Å². The Kier molecular flexibility index (Phi) is 34.4. The van der Waals surface area contributed by atoms with Crippen LogP contribution in [0.25, 0.3) is 0 Å². The summed E-state index contributed by atoms with van der Waals surface area (Å²) in [4.78, 5) is 148. The van der Waals surface area contributed by atoms with Crippen LogP contribution in [0.5, 0.6) is 23.0 Å². The van der Waals surface area contributed by atoms with Gasteiger partial charge in [-0.15, -0.1) is 0 Å². The average Bonchev–Trinajstić information content (AvgIpc) is 0.767. The third-order valence-corrected chi connectivity index (χ3v) is 15.7. The number of ketones is 4. The van der Waals surface area contributed by atoms with Crippen LogP contribution < -0.4 is 18.9 Å². The molecule has 0 heterocycles. The molecular weight excluding hydrogens is 1260 g/mol. The SMILES string of the molecule is C=C(C)C(=O)OCCOc1c2cc(C(=O)CCCCC)cc1Cc1cc(C(=O)CCCCC)cc(c1OCCOC(=O)C(=O)OCC)Cc1cc(C(=O)CCCCC)cc(c1OCCOC(=O)C(=O)OCC)Cc1cc(C(=O)CCCCC)cc(c1OCCOC(=O)C(=O)OCC)C2. The van der Waals surface area contributed by atoms with Gasteiger partial charge in [0.25, 0.3) is 0 Å². The predicted molar refractivity (Wildman–Crippen MR) is 361 cm³/mol. The molecule has 0 saturated heterocycles. The van der Waals surface area contributed by atoms with Crippen LogP contribution in [0.1, 0.15) is 244 Å². The zero-order valence-corrected chi connectivity index (χ0v) is 58.2. The fraction of sp³-hybridized carbons (Fsp3) is 0.513. The first-order valence-corrected chi connectivity index (χ1v) is 34.3. The second-order valence-electron chi connectivity index (χ2n) is 23.6. The smallest absolute Gasteiger partial charge is 0.417 e. The number of esters is 7. The van der Waals surface area contributed by atoms with Crippen molar-refractivity contribution in [3.05, 3.63) is 127 Å². The van der Waals surface area contributed by atoms with Gasteiger partial charge in [-0.2, -0.15) is 0 Å². The van der Waals surface area contributed by atoms with E-state index in [1.165, 1.54) is 27.7 Å². The Morgan fingerprint density at radius 2 is 0.480 bits per heavy atom. The zero-order chi connectivity index (χ0) is 71.5. The molecule has 5 rings (SSSR count). The molecule has 0 unspecified atom stereocenters. The molecule has 0 spiro atoms. The van der Waals surface area contributed by atoms with Gasteiger partial charge in [0.05, 0.1) is 19.8 Å². The van der Waals surface area contributed by atoms with Gasteiger partial charge in [-0.1, -0.05) is 85.6 Å². The minimum Gasteiger partial charge on any atom is -0.489 e. The van der Waals surface area contributed by atoms with Crippen molar-refractivity contribution >= 4 is 64.9 Å². The Bertz CT molecular complexity index is 3300. The zero-order valence-electron chi connectivity index (χ0n) is 58.2. The number of unbranched alkanes of at least 4 members (excludes halogenated alkanes) is 8. The second kappa shape index (κ2) is 42.5. The quantitative estimate of drug-likeness (QED) is 0.00879. The molecule has 4 aromatic carbocycles. The van der Waals surface area contributed by atoms with E-state index >= 15 is 0 Å². The molecule has 22 nitrogen and oxygen atoms in total. The molecule has 1 aliphatic carbocycles. The van der Waals surface area contributed by atoms with E-state index in [-0.39, 0.29) is 178 Å².